The van der Waals surface area contributed by atoms with Crippen LogP contribution in [0.5, 0.6) is 23.0 Å². The van der Waals surface area contributed by atoms with Crippen molar-refractivity contribution in [3.63, 3.8) is 0 Å². The lowest BCUT2D eigenvalue weighted by molar-refractivity contribution is 0.171. The molecule has 0 saturated heterocycles. The molecule has 30 heavy (non-hydrogen) atoms. The minimum Gasteiger partial charge on any atom is -0.493 e. The summed E-state index contributed by atoms with van der Waals surface area (Å²) in [6, 6.07) is 17.3. The summed E-state index contributed by atoms with van der Waals surface area (Å²) in [4.78, 5) is 0. The SMILES string of the molecule is COc1ccc(Br)c(CNc2ccc3c(c2)OCCO3)c1OCc1ccccc1Cl. The van der Waals surface area contributed by atoms with E-state index < -0.39 is 0 Å². The third kappa shape index (κ3) is 4.60. The molecule has 3 aromatic rings. The smallest absolute Gasteiger partial charge is 0.167 e. The van der Waals surface area contributed by atoms with Gasteiger partial charge in [-0.2, -0.15) is 0 Å². The first-order chi connectivity index (χ1) is 14.7. The first kappa shape index (κ1) is 20.7. The van der Waals surface area contributed by atoms with Crippen LogP contribution in [0.4, 0.5) is 5.69 Å². The fraction of sp³-hybridized carbons (Fsp3) is 0.217. The molecule has 156 valence electrons. The van der Waals surface area contributed by atoms with Gasteiger partial charge in [0, 0.05) is 38.9 Å². The van der Waals surface area contributed by atoms with Crippen LogP contribution in [0.1, 0.15) is 11.1 Å². The van der Waals surface area contributed by atoms with E-state index in [1.165, 1.54) is 0 Å². The number of methoxy groups -OCH3 is 1. The van der Waals surface area contributed by atoms with E-state index in [1.807, 2.05) is 54.6 Å². The second kappa shape index (κ2) is 9.49. The molecule has 0 fully saturated rings. The molecule has 1 heterocycles. The molecule has 1 N–H and O–H groups in total. The lowest BCUT2D eigenvalue weighted by Gasteiger charge is -2.20. The Labute approximate surface area is 189 Å². The zero-order valence-corrected chi connectivity index (χ0v) is 18.8. The Balaban J connectivity index is 1.55. The molecule has 7 heteroatoms. The van der Waals surface area contributed by atoms with Gasteiger partial charge >= 0.3 is 0 Å². The fourth-order valence-electron chi connectivity index (χ4n) is 3.18. The first-order valence-corrected chi connectivity index (χ1v) is 10.7. The van der Waals surface area contributed by atoms with Crippen molar-refractivity contribution < 1.29 is 18.9 Å². The molecule has 0 amide bonds. The standard InChI is InChI=1S/C23H21BrClNO4/c1-27-21-9-7-18(24)17(23(21)30-14-15-4-2-3-5-19(15)25)13-26-16-6-8-20-22(12-16)29-11-10-28-20/h2-9,12,26H,10-11,13-14H2,1H3. The summed E-state index contributed by atoms with van der Waals surface area (Å²) < 4.78 is 23.9. The van der Waals surface area contributed by atoms with Gasteiger partial charge in [-0.1, -0.05) is 45.7 Å². The van der Waals surface area contributed by atoms with Crippen molar-refractivity contribution in [3.8, 4) is 23.0 Å². The number of anilines is 1. The Kier molecular flexibility index (Phi) is 6.55. The van der Waals surface area contributed by atoms with E-state index in [-0.39, 0.29) is 0 Å². The van der Waals surface area contributed by atoms with Gasteiger partial charge in [-0.15, -0.1) is 0 Å². The minimum atomic E-state index is 0.337. The molecule has 1 aliphatic heterocycles. The van der Waals surface area contributed by atoms with Crippen LogP contribution in [-0.2, 0) is 13.2 Å². The molecule has 1 aliphatic rings. The third-order valence-corrected chi connectivity index (χ3v) is 5.84. The van der Waals surface area contributed by atoms with Gasteiger partial charge in [0.2, 0.25) is 0 Å². The van der Waals surface area contributed by atoms with Crippen LogP contribution in [0.3, 0.4) is 0 Å². The van der Waals surface area contributed by atoms with Gasteiger partial charge in [-0.05, 0) is 30.3 Å². The van der Waals surface area contributed by atoms with Crippen molar-refractivity contribution in [2.24, 2.45) is 0 Å². The monoisotopic (exact) mass is 489 g/mol. The molecule has 0 unspecified atom stereocenters. The number of nitrogens with one attached hydrogen (secondary N) is 1. The molecular formula is C23H21BrClNO4. The second-order valence-corrected chi connectivity index (χ2v) is 7.91. The van der Waals surface area contributed by atoms with Crippen molar-refractivity contribution in [1.29, 1.82) is 0 Å². The molecule has 0 radical (unpaired) electrons. The number of ether oxygens (including phenoxy) is 4. The lowest BCUT2D eigenvalue weighted by atomic mass is 10.1. The Morgan fingerprint density at radius 3 is 2.63 bits per heavy atom. The van der Waals surface area contributed by atoms with E-state index in [0.717, 1.165) is 32.8 Å². The van der Waals surface area contributed by atoms with Crippen molar-refractivity contribution >= 4 is 33.2 Å². The Bertz CT molecular complexity index is 1040. The second-order valence-electron chi connectivity index (χ2n) is 6.65. The highest BCUT2D eigenvalue weighted by Crippen LogP contribution is 2.38. The summed E-state index contributed by atoms with van der Waals surface area (Å²) in [5.41, 5.74) is 2.77. The number of hydrogen-bond donors (Lipinski definition) is 1. The van der Waals surface area contributed by atoms with Gasteiger partial charge in [0.15, 0.2) is 23.0 Å². The molecule has 0 spiro atoms. The number of hydrogen-bond acceptors (Lipinski definition) is 5. The maximum atomic E-state index is 6.28. The average Bonchev–Trinajstić information content (AvgIpc) is 2.78. The topological polar surface area (TPSA) is 49.0 Å². The molecule has 0 aliphatic carbocycles. The summed E-state index contributed by atoms with van der Waals surface area (Å²) in [6.07, 6.45) is 0. The van der Waals surface area contributed by atoms with E-state index in [9.17, 15) is 0 Å². The van der Waals surface area contributed by atoms with Gasteiger partial charge in [0.05, 0.1) is 7.11 Å². The third-order valence-electron chi connectivity index (χ3n) is 4.73. The minimum absolute atomic E-state index is 0.337. The lowest BCUT2D eigenvalue weighted by Crippen LogP contribution is -2.15. The zero-order chi connectivity index (χ0) is 20.9. The van der Waals surface area contributed by atoms with E-state index in [0.29, 0.717) is 42.9 Å². The molecular weight excluding hydrogens is 470 g/mol. The summed E-state index contributed by atoms with van der Waals surface area (Å²) in [7, 11) is 1.63. The fourth-order valence-corrected chi connectivity index (χ4v) is 3.82. The van der Waals surface area contributed by atoms with E-state index in [1.54, 1.807) is 7.11 Å². The van der Waals surface area contributed by atoms with Crippen LogP contribution in [0.2, 0.25) is 5.02 Å². The van der Waals surface area contributed by atoms with Crippen molar-refractivity contribution in [2.45, 2.75) is 13.2 Å². The summed E-state index contributed by atoms with van der Waals surface area (Å²) >= 11 is 9.92. The van der Waals surface area contributed by atoms with Gasteiger partial charge in [0.1, 0.15) is 19.8 Å². The highest BCUT2D eigenvalue weighted by Gasteiger charge is 2.17. The van der Waals surface area contributed by atoms with Crippen LogP contribution >= 0.6 is 27.5 Å². The first-order valence-electron chi connectivity index (χ1n) is 9.51. The van der Waals surface area contributed by atoms with Gasteiger partial charge < -0.3 is 24.3 Å². The number of rotatable bonds is 7. The molecule has 0 atom stereocenters. The van der Waals surface area contributed by atoms with Crippen LogP contribution < -0.4 is 24.3 Å². The van der Waals surface area contributed by atoms with E-state index in [2.05, 4.69) is 21.2 Å². The number of benzene rings is 3. The van der Waals surface area contributed by atoms with Crippen LogP contribution in [0.25, 0.3) is 0 Å². The highest BCUT2D eigenvalue weighted by molar-refractivity contribution is 9.10. The average molecular weight is 491 g/mol. The van der Waals surface area contributed by atoms with Gasteiger partial charge in [0.25, 0.3) is 0 Å². The molecule has 0 aromatic heterocycles. The van der Waals surface area contributed by atoms with Crippen LogP contribution in [0, 0.1) is 0 Å². The normalized spacial score (nSPS) is 12.4. The van der Waals surface area contributed by atoms with Crippen molar-refractivity contribution in [3.05, 3.63) is 75.2 Å². The van der Waals surface area contributed by atoms with Crippen molar-refractivity contribution in [1.82, 2.24) is 0 Å². The summed E-state index contributed by atoms with van der Waals surface area (Å²) in [5, 5.41) is 4.09. The maximum Gasteiger partial charge on any atom is 0.167 e. The largest absolute Gasteiger partial charge is 0.493 e. The van der Waals surface area contributed by atoms with E-state index in [4.69, 9.17) is 30.5 Å². The number of fused-ring (bicyclic) bond motifs is 1. The predicted molar refractivity (Wildman–Crippen MR) is 121 cm³/mol. The quantitative estimate of drug-likeness (QED) is 0.435. The Hall–Kier alpha value is -2.57. The van der Waals surface area contributed by atoms with Crippen LogP contribution in [-0.4, -0.2) is 20.3 Å². The molecule has 3 aromatic carbocycles. The Morgan fingerprint density at radius 1 is 1.03 bits per heavy atom. The van der Waals surface area contributed by atoms with Gasteiger partial charge in [-0.25, -0.2) is 0 Å². The molecule has 0 saturated carbocycles. The van der Waals surface area contributed by atoms with Gasteiger partial charge in [-0.3, -0.25) is 0 Å². The maximum absolute atomic E-state index is 6.28. The summed E-state index contributed by atoms with van der Waals surface area (Å²) in [6.45, 7) is 1.99. The molecule has 4 rings (SSSR count). The molecule has 5 nitrogen and oxygen atoms in total. The van der Waals surface area contributed by atoms with E-state index >= 15 is 0 Å². The summed E-state index contributed by atoms with van der Waals surface area (Å²) in [5.74, 6) is 2.82. The Morgan fingerprint density at radius 2 is 1.83 bits per heavy atom. The van der Waals surface area contributed by atoms with Crippen molar-refractivity contribution in [2.75, 3.05) is 25.6 Å². The molecule has 0 bridgehead atoms. The predicted octanol–water partition coefficient (Wildman–Crippen LogP) is 6.07. The number of halogens is 2. The van der Waals surface area contributed by atoms with Crippen LogP contribution in [0.15, 0.2) is 59.1 Å². The zero-order valence-electron chi connectivity index (χ0n) is 16.4. The highest BCUT2D eigenvalue weighted by atomic mass is 79.9.